The van der Waals surface area contributed by atoms with Crippen LogP contribution < -0.4 is 5.32 Å². The molecule has 158 valence electrons. The van der Waals surface area contributed by atoms with Crippen LogP contribution >= 0.6 is 0 Å². The highest BCUT2D eigenvalue weighted by Gasteiger charge is 2.27. The van der Waals surface area contributed by atoms with E-state index in [0.29, 0.717) is 29.8 Å². The van der Waals surface area contributed by atoms with Crippen LogP contribution in [0.1, 0.15) is 76.0 Å². The van der Waals surface area contributed by atoms with Crippen LogP contribution in [0.15, 0.2) is 18.3 Å². The van der Waals surface area contributed by atoms with Gasteiger partial charge in [-0.05, 0) is 56.2 Å². The van der Waals surface area contributed by atoms with E-state index in [1.54, 1.807) is 0 Å². The lowest BCUT2D eigenvalue weighted by Crippen LogP contribution is -2.31. The number of carbonyl (C=O) groups is 1. The molecular formula is C23H30N6O. The van der Waals surface area contributed by atoms with Crippen LogP contribution in [0.2, 0.25) is 0 Å². The first-order valence-electron chi connectivity index (χ1n) is 10.9. The molecule has 1 fully saturated rings. The molecule has 0 aromatic carbocycles. The first kappa shape index (κ1) is 20.4. The number of aromatic nitrogens is 5. The fourth-order valence-electron chi connectivity index (χ4n) is 4.00. The Balaban J connectivity index is 1.88. The molecule has 1 aliphatic rings. The lowest BCUT2D eigenvalue weighted by Gasteiger charge is -2.32. The van der Waals surface area contributed by atoms with Crippen molar-refractivity contribution in [3.8, 4) is 11.5 Å². The summed E-state index contributed by atoms with van der Waals surface area (Å²) in [4.78, 5) is 30.5. The Morgan fingerprint density at radius 1 is 1.23 bits per heavy atom. The number of hydrogen-bond donors (Lipinski definition) is 1. The Morgan fingerprint density at radius 3 is 2.60 bits per heavy atom. The number of Topliss-reactive ketones (excluding diaryl/α,β-unsaturated/α-hetero) is 1. The van der Waals surface area contributed by atoms with Gasteiger partial charge in [0.15, 0.2) is 28.9 Å². The number of anilines is 1. The van der Waals surface area contributed by atoms with E-state index >= 15 is 0 Å². The molecule has 0 amide bonds. The summed E-state index contributed by atoms with van der Waals surface area (Å²) in [7, 11) is 0. The molecule has 7 heteroatoms. The highest BCUT2D eigenvalue weighted by molar-refractivity contribution is 5.95. The number of nitrogens with zero attached hydrogens (tertiary/aromatic N) is 5. The summed E-state index contributed by atoms with van der Waals surface area (Å²) in [5, 5.41) is 3.57. The number of pyridine rings is 1. The number of ketones is 1. The molecule has 3 aromatic heterocycles. The normalized spacial score (nSPS) is 15.4. The summed E-state index contributed by atoms with van der Waals surface area (Å²) < 4.78 is 2.10. The number of carbonyl (C=O) groups excluding carboxylic acids is 1. The lowest BCUT2D eigenvalue weighted by atomic mass is 9.80. The summed E-state index contributed by atoms with van der Waals surface area (Å²) in [5.41, 5.74) is 3.39. The van der Waals surface area contributed by atoms with E-state index in [1.165, 1.54) is 31.7 Å². The maximum atomic E-state index is 12.1. The van der Waals surface area contributed by atoms with Gasteiger partial charge >= 0.3 is 0 Å². The van der Waals surface area contributed by atoms with Crippen LogP contribution in [0.3, 0.4) is 0 Å². The Bertz CT molecular complexity index is 1080. The molecule has 3 heterocycles. The highest BCUT2D eigenvalue weighted by Crippen LogP contribution is 2.33. The largest absolute Gasteiger partial charge is 0.365 e. The minimum absolute atomic E-state index is 0.163. The molecule has 0 radical (unpaired) electrons. The molecule has 0 spiro atoms. The van der Waals surface area contributed by atoms with E-state index in [4.69, 9.17) is 4.98 Å². The third kappa shape index (κ3) is 3.68. The van der Waals surface area contributed by atoms with Crippen molar-refractivity contribution in [3.05, 3.63) is 29.7 Å². The second-order valence-electron chi connectivity index (χ2n) is 8.56. The molecule has 0 unspecified atom stereocenters. The van der Waals surface area contributed by atoms with Gasteiger partial charge in [0.2, 0.25) is 0 Å². The Hall–Kier alpha value is -2.83. The van der Waals surface area contributed by atoms with Gasteiger partial charge in [0.05, 0.1) is 0 Å². The zero-order valence-corrected chi connectivity index (χ0v) is 18.4. The van der Waals surface area contributed by atoms with Crippen molar-refractivity contribution >= 4 is 22.8 Å². The quantitative estimate of drug-likeness (QED) is 0.565. The third-order valence-electron chi connectivity index (χ3n) is 6.14. The Labute approximate surface area is 177 Å². The van der Waals surface area contributed by atoms with E-state index in [1.807, 2.05) is 12.3 Å². The standard InChI is InChI=1S/C23H30N6O/c1-6-29-19-21(25-14(4)16-8-7-9-16)26-20(15(5)30)27-22(19)28-23(29)18-12-17(13(2)3)10-11-24-18/h10-14,16H,6-9H2,1-5H3,(H,25,26,27)/t14-/m1/s1. The zero-order chi connectivity index (χ0) is 21.4. The van der Waals surface area contributed by atoms with Crippen molar-refractivity contribution in [2.45, 2.75) is 72.4 Å². The maximum absolute atomic E-state index is 12.1. The van der Waals surface area contributed by atoms with Crippen LogP contribution in [0.4, 0.5) is 5.82 Å². The SMILES string of the molecule is CCn1c(-c2cc(C(C)C)ccn2)nc2nc(C(C)=O)nc(N[C@H](C)C3CCC3)c21. The summed E-state index contributed by atoms with van der Waals surface area (Å²) >= 11 is 0. The second-order valence-corrected chi connectivity index (χ2v) is 8.56. The molecule has 0 aliphatic heterocycles. The van der Waals surface area contributed by atoms with Crippen LogP contribution in [0, 0.1) is 5.92 Å². The number of nitrogens with one attached hydrogen (secondary N) is 1. The number of rotatable bonds is 7. The average Bonchev–Trinajstić information content (AvgIpc) is 3.05. The average molecular weight is 407 g/mol. The maximum Gasteiger partial charge on any atom is 0.199 e. The summed E-state index contributed by atoms with van der Waals surface area (Å²) in [6.45, 7) is 10.8. The Kier molecular flexibility index (Phi) is 5.54. The minimum Gasteiger partial charge on any atom is -0.365 e. The lowest BCUT2D eigenvalue weighted by molar-refractivity contribution is 0.100. The van der Waals surface area contributed by atoms with Crippen LogP contribution in [-0.2, 0) is 6.54 Å². The van der Waals surface area contributed by atoms with Gasteiger partial charge in [-0.1, -0.05) is 20.3 Å². The molecule has 30 heavy (non-hydrogen) atoms. The Morgan fingerprint density at radius 2 is 2.00 bits per heavy atom. The van der Waals surface area contributed by atoms with Gasteiger partial charge in [0, 0.05) is 25.7 Å². The van der Waals surface area contributed by atoms with Gasteiger partial charge < -0.3 is 9.88 Å². The molecule has 1 N–H and O–H groups in total. The van der Waals surface area contributed by atoms with Crippen molar-refractivity contribution in [1.29, 1.82) is 0 Å². The van der Waals surface area contributed by atoms with Crippen LogP contribution in [0.5, 0.6) is 0 Å². The third-order valence-corrected chi connectivity index (χ3v) is 6.14. The van der Waals surface area contributed by atoms with Crippen molar-refractivity contribution < 1.29 is 4.79 Å². The fourth-order valence-corrected chi connectivity index (χ4v) is 4.00. The fraction of sp³-hybridized carbons (Fsp3) is 0.522. The smallest absolute Gasteiger partial charge is 0.199 e. The topological polar surface area (TPSA) is 85.6 Å². The molecular weight excluding hydrogens is 376 g/mol. The van der Waals surface area contributed by atoms with Gasteiger partial charge in [0.25, 0.3) is 0 Å². The monoisotopic (exact) mass is 406 g/mol. The van der Waals surface area contributed by atoms with Crippen LogP contribution in [-0.4, -0.2) is 36.3 Å². The van der Waals surface area contributed by atoms with Gasteiger partial charge in [-0.15, -0.1) is 0 Å². The van der Waals surface area contributed by atoms with Crippen molar-refractivity contribution in [2.24, 2.45) is 5.92 Å². The van der Waals surface area contributed by atoms with Crippen LogP contribution in [0.25, 0.3) is 22.7 Å². The molecule has 1 aliphatic carbocycles. The first-order chi connectivity index (χ1) is 14.4. The molecule has 7 nitrogen and oxygen atoms in total. The van der Waals surface area contributed by atoms with E-state index in [-0.39, 0.29) is 17.6 Å². The van der Waals surface area contributed by atoms with Gasteiger partial charge in [-0.3, -0.25) is 9.78 Å². The van der Waals surface area contributed by atoms with Gasteiger partial charge in [0.1, 0.15) is 11.2 Å². The first-order valence-corrected chi connectivity index (χ1v) is 10.9. The van der Waals surface area contributed by atoms with Crippen molar-refractivity contribution in [2.75, 3.05) is 5.32 Å². The molecule has 1 saturated carbocycles. The number of hydrogen-bond acceptors (Lipinski definition) is 6. The summed E-state index contributed by atoms with van der Waals surface area (Å²) in [6.07, 6.45) is 5.57. The van der Waals surface area contributed by atoms with Gasteiger partial charge in [-0.25, -0.2) is 15.0 Å². The summed E-state index contributed by atoms with van der Waals surface area (Å²) in [6, 6.07) is 4.40. The predicted octanol–water partition coefficient (Wildman–Crippen LogP) is 4.83. The number of imidazole rings is 1. The number of aryl methyl sites for hydroxylation is 1. The molecule has 3 aromatic rings. The molecule has 1 atom stereocenters. The number of fused-ring (bicyclic) bond motifs is 1. The predicted molar refractivity (Wildman–Crippen MR) is 119 cm³/mol. The van der Waals surface area contributed by atoms with Gasteiger partial charge in [-0.2, -0.15) is 0 Å². The van der Waals surface area contributed by atoms with Crippen molar-refractivity contribution in [3.63, 3.8) is 0 Å². The molecule has 0 saturated heterocycles. The highest BCUT2D eigenvalue weighted by atomic mass is 16.1. The zero-order valence-electron chi connectivity index (χ0n) is 18.4. The minimum atomic E-state index is -0.163. The second kappa shape index (κ2) is 8.13. The van der Waals surface area contributed by atoms with E-state index in [0.717, 1.165) is 17.0 Å². The van der Waals surface area contributed by atoms with E-state index in [9.17, 15) is 4.79 Å². The summed E-state index contributed by atoms with van der Waals surface area (Å²) in [5.74, 6) is 2.51. The molecule has 4 rings (SSSR count). The van der Waals surface area contributed by atoms with Crippen molar-refractivity contribution in [1.82, 2.24) is 24.5 Å². The van der Waals surface area contributed by atoms with E-state index in [2.05, 4.69) is 58.6 Å². The molecule has 0 bridgehead atoms. The van der Waals surface area contributed by atoms with E-state index < -0.39 is 0 Å².